The molecule has 10 N–H and O–H groups in total. The second kappa shape index (κ2) is 32.0. The van der Waals surface area contributed by atoms with Crippen LogP contribution in [0.4, 0.5) is 14.4 Å². The molecule has 0 radical (unpaired) electrons. The Bertz CT molecular complexity index is 2080. The first-order valence-electron chi connectivity index (χ1n) is 24.5. The minimum Gasteiger partial charge on any atom is -0.724 e. The van der Waals surface area contributed by atoms with Crippen LogP contribution in [0.5, 0.6) is 0 Å². The van der Waals surface area contributed by atoms with Crippen LogP contribution in [0.2, 0.25) is 0 Å². The third-order valence-corrected chi connectivity index (χ3v) is 14.1. The van der Waals surface area contributed by atoms with Gasteiger partial charge in [0.25, 0.3) is 0 Å². The predicted octanol–water partition coefficient (Wildman–Crippen LogP) is 4.42. The van der Waals surface area contributed by atoms with Gasteiger partial charge in [-0.3, -0.25) is 19.2 Å². The molecule has 6 heterocycles. The van der Waals surface area contributed by atoms with Gasteiger partial charge in [0.1, 0.15) is 24.7 Å². The summed E-state index contributed by atoms with van der Waals surface area (Å²) in [5.41, 5.74) is 16.6. The Labute approximate surface area is 445 Å². The molecule has 28 heteroatoms. The first-order valence-corrected chi connectivity index (χ1v) is 27.2. The second-order valence-corrected chi connectivity index (χ2v) is 20.5. The summed E-state index contributed by atoms with van der Waals surface area (Å²) in [5.74, 6) is -1.77. The molecule has 6 aliphatic rings. The highest BCUT2D eigenvalue weighted by Crippen LogP contribution is 2.33. The SMILES string of the molecule is C.C.C.CCCC[N+](CCCC)(CCCC)CCCC.NC(=O)[C@@H]1CC[C@@H]2CN1C(=O)N2OCc1ccccc1.NC(=O)[C@@H]1CC[C@@H]2CN1C(=O)N2OS(=O)(=O)[O-].NC(=O)[C@@H]1CC[C@@H]2CN1C(=O)N2OS(=O)(=O)[O-].[NH4+]. The quantitative estimate of drug-likeness (QED) is 0.0709. The van der Waals surface area contributed by atoms with Crippen LogP contribution < -0.4 is 23.4 Å². The van der Waals surface area contributed by atoms with Gasteiger partial charge in [0.2, 0.25) is 38.5 Å². The molecule has 6 atom stereocenters. The Hall–Kier alpha value is -4.94. The number of rotatable bonds is 22. The zero-order chi connectivity index (χ0) is 52.7. The lowest BCUT2D eigenvalue weighted by atomic mass is 10.0. The van der Waals surface area contributed by atoms with Crippen LogP contribution in [-0.4, -0.2) is 178 Å². The van der Waals surface area contributed by atoms with E-state index in [0.29, 0.717) is 55.4 Å². The monoisotopic (exact) mass is 1110 g/mol. The fourth-order valence-corrected chi connectivity index (χ4v) is 10.5. The van der Waals surface area contributed by atoms with Crippen molar-refractivity contribution >= 4 is 56.6 Å². The van der Waals surface area contributed by atoms with Crippen molar-refractivity contribution in [3.8, 4) is 0 Å². The second-order valence-electron chi connectivity index (χ2n) is 18.6. The average Bonchev–Trinajstić information content (AvgIpc) is 3.80. The van der Waals surface area contributed by atoms with Crippen molar-refractivity contribution in [2.75, 3.05) is 45.8 Å². The maximum atomic E-state index is 12.2. The van der Waals surface area contributed by atoms with Gasteiger partial charge in [0.15, 0.2) is 0 Å². The molecular weight excluding hydrogens is 1020 g/mol. The molecule has 6 saturated heterocycles. The molecule has 26 nitrogen and oxygen atoms in total. The number of piperidine rings is 3. The lowest BCUT2D eigenvalue weighted by Gasteiger charge is -2.39. The summed E-state index contributed by atoms with van der Waals surface area (Å²) in [6.07, 6.45) is 13.8. The largest absolute Gasteiger partial charge is 0.724 e. The van der Waals surface area contributed by atoms with E-state index in [2.05, 4.69) is 36.3 Å². The summed E-state index contributed by atoms with van der Waals surface area (Å²) in [6.45, 7) is 16.1. The van der Waals surface area contributed by atoms with E-state index in [-0.39, 0.29) is 53.6 Å². The molecule has 434 valence electrons. The number of benzene rings is 1. The zero-order valence-electron chi connectivity index (χ0n) is 42.2. The molecule has 6 bridgehead atoms. The minimum atomic E-state index is -5.00. The number of unbranched alkanes of at least 4 members (excludes halogenated alkanes) is 4. The van der Waals surface area contributed by atoms with Gasteiger partial charge in [-0.15, -0.1) is 0 Å². The molecule has 1 aromatic rings. The van der Waals surface area contributed by atoms with Gasteiger partial charge in [-0.05, 0) is 69.8 Å². The van der Waals surface area contributed by atoms with E-state index in [9.17, 15) is 54.7 Å². The summed E-state index contributed by atoms with van der Waals surface area (Å²) in [4.78, 5) is 78.5. The Kier molecular flexibility index (Phi) is 29.8. The number of carbonyl (C=O) groups excluding carboxylic acids is 6. The smallest absolute Gasteiger partial charge is 0.346 e. The van der Waals surface area contributed by atoms with E-state index in [0.717, 1.165) is 21.8 Å². The van der Waals surface area contributed by atoms with Crippen LogP contribution in [-0.2, 0) is 55.2 Å². The standard InChI is InChI=1S/C16H36N.C14H17N3O3.2C7H11N3O6S.3CH4.H3N/c1-5-9-13-17(14-10-6-2,15-11-7-3)16-12-8-4;15-13(18)12-7-6-11-8-16(12)14(19)17(11)20-9-10-4-2-1-3-5-10;2*8-6(11)5-2-1-4-3-9(5)7(12)10(4)16-17(13,14)15;;;;/h5-16H2,1-4H3;1-5,11-12H,6-9H2,(H2,15,18);2*4-5H,1-3H2,(H2,8,11)(H,13,14,15);3*1H4;1H3/q+1;;;;;;;/p-1/t;11-,12+;2*4-,5+;;;;/m.111..../s1. The summed E-state index contributed by atoms with van der Waals surface area (Å²) in [6, 6.07) is 4.65. The third-order valence-electron chi connectivity index (χ3n) is 13.5. The zero-order valence-corrected chi connectivity index (χ0v) is 43.8. The van der Waals surface area contributed by atoms with Gasteiger partial charge in [-0.2, -0.15) is 23.8 Å². The highest BCUT2D eigenvalue weighted by molar-refractivity contribution is 7.81. The normalized spacial score (nSPS) is 22.4. The van der Waals surface area contributed by atoms with Gasteiger partial charge in [0.05, 0.1) is 44.3 Å². The summed E-state index contributed by atoms with van der Waals surface area (Å²) >= 11 is 0. The number of nitrogens with two attached hydrogens (primary N) is 3. The number of quaternary nitrogens is 2. The van der Waals surface area contributed by atoms with Crippen LogP contribution in [0.1, 0.15) is 145 Å². The van der Waals surface area contributed by atoms with Gasteiger partial charge >= 0.3 is 18.1 Å². The molecule has 0 saturated carbocycles. The molecule has 0 aromatic heterocycles. The highest BCUT2D eigenvalue weighted by Gasteiger charge is 2.50. The Morgan fingerprint density at radius 1 is 0.547 bits per heavy atom. The minimum absolute atomic E-state index is 0. The lowest BCUT2D eigenvalue weighted by Crippen LogP contribution is -2.50. The molecule has 75 heavy (non-hydrogen) atoms. The maximum Gasteiger partial charge on any atom is 0.346 e. The van der Waals surface area contributed by atoms with E-state index >= 15 is 0 Å². The predicted molar refractivity (Wildman–Crippen MR) is 278 cm³/mol. The van der Waals surface area contributed by atoms with Crippen LogP contribution in [0.25, 0.3) is 0 Å². The number of hydrogen-bond donors (Lipinski definition) is 4. The molecule has 0 spiro atoms. The molecule has 9 amide bonds. The number of amides is 9. The van der Waals surface area contributed by atoms with Crippen molar-refractivity contribution in [3.05, 3.63) is 35.9 Å². The lowest BCUT2D eigenvalue weighted by molar-refractivity contribution is -0.929. The van der Waals surface area contributed by atoms with E-state index in [1.165, 1.54) is 92.0 Å². The fourth-order valence-electron chi connectivity index (χ4n) is 9.71. The van der Waals surface area contributed by atoms with E-state index in [1.807, 2.05) is 30.3 Å². The number of urea groups is 3. The fraction of sp³-hybridized carbons (Fsp3) is 0.745. The van der Waals surface area contributed by atoms with Gasteiger partial charge < -0.3 is 51.6 Å². The van der Waals surface area contributed by atoms with Gasteiger partial charge in [-0.1, -0.05) is 106 Å². The summed E-state index contributed by atoms with van der Waals surface area (Å²) < 4.78 is 72.3. The number of primary amides is 3. The van der Waals surface area contributed by atoms with E-state index in [1.54, 1.807) is 0 Å². The summed E-state index contributed by atoms with van der Waals surface area (Å²) in [7, 11) is -10.0. The first kappa shape index (κ1) is 70.1. The van der Waals surface area contributed by atoms with Crippen LogP contribution in [0, 0.1) is 0 Å². The number of hydrogen-bond acceptors (Lipinski definition) is 15. The third kappa shape index (κ3) is 19.9. The average molecular weight is 1110 g/mol. The van der Waals surface area contributed by atoms with Crippen molar-refractivity contribution in [2.45, 2.75) is 183 Å². The Balaban J connectivity index is 0.000000959. The number of carbonyl (C=O) groups is 6. The van der Waals surface area contributed by atoms with Crippen LogP contribution in [0.15, 0.2) is 30.3 Å². The number of fused-ring (bicyclic) bond motifs is 6. The molecule has 1 aromatic carbocycles. The van der Waals surface area contributed by atoms with Gasteiger partial charge in [-0.25, -0.2) is 31.2 Å². The number of nitrogens with zero attached hydrogens (tertiary/aromatic N) is 7. The highest BCUT2D eigenvalue weighted by atomic mass is 32.3. The van der Waals surface area contributed by atoms with Crippen molar-refractivity contribution in [1.29, 1.82) is 0 Å². The van der Waals surface area contributed by atoms with Crippen molar-refractivity contribution < 1.29 is 72.6 Å². The topological polar surface area (TPSA) is 379 Å². The molecule has 0 aliphatic carbocycles. The van der Waals surface area contributed by atoms with E-state index in [4.69, 9.17) is 22.0 Å². The molecule has 0 unspecified atom stereocenters. The van der Waals surface area contributed by atoms with Crippen molar-refractivity contribution in [3.63, 3.8) is 0 Å². The molecule has 7 rings (SSSR count). The van der Waals surface area contributed by atoms with Crippen molar-refractivity contribution in [1.82, 2.24) is 36.0 Å². The summed E-state index contributed by atoms with van der Waals surface area (Å²) in [5, 5.41) is 2.41. The number of hydroxylamine groups is 6. The van der Waals surface area contributed by atoms with Gasteiger partial charge in [0, 0.05) is 19.6 Å². The Morgan fingerprint density at radius 3 is 1.12 bits per heavy atom. The Morgan fingerprint density at radius 2 is 0.840 bits per heavy atom. The van der Waals surface area contributed by atoms with Crippen LogP contribution in [0.3, 0.4) is 0 Å². The molecule has 6 fully saturated rings. The maximum absolute atomic E-state index is 12.2. The van der Waals surface area contributed by atoms with Crippen molar-refractivity contribution in [2.24, 2.45) is 17.2 Å². The first-order chi connectivity index (χ1) is 33.5. The van der Waals surface area contributed by atoms with E-state index < -0.39 is 80.8 Å². The van der Waals surface area contributed by atoms with Crippen LogP contribution >= 0.6 is 0 Å². The molecular formula is C47H89N11O15S2. The molecule has 6 aliphatic heterocycles.